The zero-order valence-corrected chi connectivity index (χ0v) is 42.6. The Kier molecular flexibility index (Phi) is 43.6. The number of amides is 1. The summed E-state index contributed by atoms with van der Waals surface area (Å²) >= 11 is 0. The Bertz CT molecular complexity index is 1000. The fraction of sp³-hybridized carbons (Fsp3) is 0.982. The average Bonchev–Trinajstić information content (AvgIpc) is 3.31. The molecule has 1 fully saturated rings. The van der Waals surface area contributed by atoms with Crippen molar-refractivity contribution in [3.8, 4) is 0 Å². The first-order valence-corrected chi connectivity index (χ1v) is 28.3. The van der Waals surface area contributed by atoms with Crippen molar-refractivity contribution in [1.82, 2.24) is 5.32 Å². The van der Waals surface area contributed by atoms with Crippen molar-refractivity contribution < 1.29 is 44.9 Å². The van der Waals surface area contributed by atoms with Gasteiger partial charge >= 0.3 is 0 Å². The van der Waals surface area contributed by atoms with Gasteiger partial charge in [-0.1, -0.05) is 271 Å². The van der Waals surface area contributed by atoms with Crippen LogP contribution < -0.4 is 5.32 Å². The summed E-state index contributed by atoms with van der Waals surface area (Å²) in [5, 5.41) is 65.2. The van der Waals surface area contributed by atoms with E-state index in [0.717, 1.165) is 38.5 Å². The largest absolute Gasteiger partial charge is 0.394 e. The minimum atomic E-state index is -1.59. The van der Waals surface area contributed by atoms with Crippen LogP contribution in [0.15, 0.2) is 0 Å². The van der Waals surface area contributed by atoms with E-state index < -0.39 is 61.5 Å². The molecule has 0 radical (unpaired) electrons. The first kappa shape index (κ1) is 62.2. The minimum Gasteiger partial charge on any atom is -0.394 e. The van der Waals surface area contributed by atoms with E-state index in [1.165, 1.54) is 218 Å². The van der Waals surface area contributed by atoms with E-state index in [-0.39, 0.29) is 6.61 Å². The third-order valence-electron chi connectivity index (χ3n) is 14.1. The lowest BCUT2D eigenvalue weighted by molar-refractivity contribution is -0.302. The van der Waals surface area contributed by atoms with Crippen LogP contribution in [0.25, 0.3) is 0 Å². The molecular weight excluding hydrogens is 819 g/mol. The second-order valence-electron chi connectivity index (χ2n) is 20.2. The Morgan fingerprint density at radius 1 is 0.462 bits per heavy atom. The Morgan fingerprint density at radius 3 is 1.09 bits per heavy atom. The zero-order chi connectivity index (χ0) is 47.4. The maximum Gasteiger partial charge on any atom is 0.249 e. The van der Waals surface area contributed by atoms with E-state index in [2.05, 4.69) is 19.2 Å². The summed E-state index contributed by atoms with van der Waals surface area (Å²) < 4.78 is 11.2. The van der Waals surface area contributed by atoms with Gasteiger partial charge in [0.1, 0.15) is 30.5 Å². The molecular formula is C55H109NO9. The quantitative estimate of drug-likeness (QED) is 0.0294. The van der Waals surface area contributed by atoms with Gasteiger partial charge in [0.15, 0.2) is 6.29 Å². The van der Waals surface area contributed by atoms with Crippen LogP contribution in [0.1, 0.15) is 284 Å². The number of ether oxygens (including phenoxy) is 2. The van der Waals surface area contributed by atoms with Gasteiger partial charge in [0.25, 0.3) is 0 Å². The molecule has 1 heterocycles. The summed E-state index contributed by atoms with van der Waals surface area (Å²) in [5.74, 6) is -0.576. The maximum absolute atomic E-state index is 13.1. The second kappa shape index (κ2) is 45.6. The van der Waals surface area contributed by atoms with Crippen LogP contribution >= 0.6 is 0 Å². The molecule has 0 saturated carbocycles. The summed E-state index contributed by atoms with van der Waals surface area (Å²) in [6.45, 7) is 3.72. The standard InChI is InChI=1S/C55H109NO9/c1-3-5-7-9-11-13-15-17-19-21-22-23-24-25-26-28-30-32-34-36-38-40-42-44-49(59)54(63)56-47(46-64-55-53(62)52(61)51(60)50(45-57)65-55)48(58)43-41-39-37-35-33-31-29-27-20-18-16-14-12-10-8-6-4-2/h47-53,55,57-62H,3-46H2,1-2H3,(H,56,63). The number of aliphatic hydroxyl groups excluding tert-OH is 6. The predicted octanol–water partition coefficient (Wildman–Crippen LogP) is 12.4. The molecule has 10 nitrogen and oxygen atoms in total. The van der Waals surface area contributed by atoms with Crippen LogP contribution in [0.3, 0.4) is 0 Å². The van der Waals surface area contributed by atoms with Crippen molar-refractivity contribution in [2.24, 2.45) is 0 Å². The summed E-state index contributed by atoms with van der Waals surface area (Å²) in [5.41, 5.74) is 0. The molecule has 65 heavy (non-hydrogen) atoms. The Labute approximate surface area is 400 Å². The molecule has 0 bridgehead atoms. The highest BCUT2D eigenvalue weighted by Gasteiger charge is 2.44. The van der Waals surface area contributed by atoms with Crippen LogP contribution in [-0.2, 0) is 14.3 Å². The highest BCUT2D eigenvalue weighted by atomic mass is 16.7. The van der Waals surface area contributed by atoms with E-state index >= 15 is 0 Å². The van der Waals surface area contributed by atoms with Crippen LogP contribution in [0.4, 0.5) is 0 Å². The van der Waals surface area contributed by atoms with Gasteiger partial charge in [0.05, 0.1) is 25.4 Å². The number of hydrogen-bond donors (Lipinski definition) is 7. The molecule has 1 rings (SSSR count). The molecule has 0 aliphatic carbocycles. The summed E-state index contributed by atoms with van der Waals surface area (Å²) in [4.78, 5) is 13.1. The number of rotatable bonds is 49. The average molecular weight is 928 g/mol. The lowest BCUT2D eigenvalue weighted by atomic mass is 9.99. The summed E-state index contributed by atoms with van der Waals surface area (Å²) in [7, 11) is 0. The van der Waals surface area contributed by atoms with Crippen LogP contribution in [0, 0.1) is 0 Å². The minimum absolute atomic E-state index is 0.249. The molecule has 8 atom stereocenters. The third kappa shape index (κ3) is 35.0. The van der Waals surface area contributed by atoms with Crippen molar-refractivity contribution in [3.63, 3.8) is 0 Å². The number of hydrogen-bond acceptors (Lipinski definition) is 9. The van der Waals surface area contributed by atoms with Crippen molar-refractivity contribution in [2.75, 3.05) is 13.2 Å². The molecule has 1 saturated heterocycles. The van der Waals surface area contributed by atoms with Crippen molar-refractivity contribution in [3.05, 3.63) is 0 Å². The lowest BCUT2D eigenvalue weighted by Gasteiger charge is -2.40. The number of nitrogens with one attached hydrogen (secondary N) is 1. The molecule has 1 aliphatic heterocycles. The Hall–Kier alpha value is -0.850. The normalized spacial score (nSPS) is 20.3. The number of carbonyl (C=O) groups is 1. The molecule has 388 valence electrons. The SMILES string of the molecule is CCCCCCCCCCCCCCCCCCCCCCCCCC(O)C(=O)NC(COC1OC(CO)C(O)C(O)C1O)C(O)CCCCCCCCCCCCCCCCCCC. The highest BCUT2D eigenvalue weighted by molar-refractivity contribution is 5.80. The van der Waals surface area contributed by atoms with Crippen LogP contribution in [-0.4, -0.2) is 98.7 Å². The van der Waals surface area contributed by atoms with E-state index in [0.29, 0.717) is 12.8 Å². The van der Waals surface area contributed by atoms with Crippen molar-refractivity contribution in [2.45, 2.75) is 332 Å². The summed E-state index contributed by atoms with van der Waals surface area (Å²) in [6, 6.07) is -0.889. The van der Waals surface area contributed by atoms with Crippen molar-refractivity contribution in [1.29, 1.82) is 0 Å². The predicted molar refractivity (Wildman–Crippen MR) is 269 cm³/mol. The third-order valence-corrected chi connectivity index (χ3v) is 14.1. The van der Waals surface area contributed by atoms with Gasteiger partial charge in [-0.25, -0.2) is 0 Å². The Morgan fingerprint density at radius 2 is 0.769 bits per heavy atom. The monoisotopic (exact) mass is 928 g/mol. The van der Waals surface area contributed by atoms with E-state index in [9.17, 15) is 35.4 Å². The van der Waals surface area contributed by atoms with Gasteiger partial charge in [-0.05, 0) is 12.8 Å². The number of carbonyl (C=O) groups excluding carboxylic acids is 1. The summed E-state index contributed by atoms with van der Waals surface area (Å²) in [6.07, 6.45) is 43.0. The topological polar surface area (TPSA) is 169 Å². The van der Waals surface area contributed by atoms with E-state index in [1.54, 1.807) is 0 Å². The lowest BCUT2D eigenvalue weighted by Crippen LogP contribution is -2.60. The van der Waals surface area contributed by atoms with Crippen LogP contribution in [0.5, 0.6) is 0 Å². The molecule has 10 heteroatoms. The van der Waals surface area contributed by atoms with Gasteiger partial charge in [-0.15, -0.1) is 0 Å². The fourth-order valence-electron chi connectivity index (χ4n) is 9.47. The van der Waals surface area contributed by atoms with E-state index in [1.807, 2.05) is 0 Å². The molecule has 1 aliphatic rings. The van der Waals surface area contributed by atoms with Gasteiger partial charge in [0, 0.05) is 0 Å². The Balaban J connectivity index is 2.24. The molecule has 1 amide bonds. The number of unbranched alkanes of at least 4 members (excludes halogenated alkanes) is 38. The van der Waals surface area contributed by atoms with Gasteiger partial charge in [-0.2, -0.15) is 0 Å². The first-order valence-electron chi connectivity index (χ1n) is 28.3. The first-order chi connectivity index (χ1) is 31.8. The molecule has 0 aromatic heterocycles. The van der Waals surface area contributed by atoms with E-state index in [4.69, 9.17) is 9.47 Å². The fourth-order valence-corrected chi connectivity index (χ4v) is 9.47. The molecule has 7 N–H and O–H groups in total. The van der Waals surface area contributed by atoms with Gasteiger partial charge in [0.2, 0.25) is 5.91 Å². The van der Waals surface area contributed by atoms with Crippen LogP contribution in [0.2, 0.25) is 0 Å². The molecule has 0 aromatic carbocycles. The maximum atomic E-state index is 13.1. The molecule has 0 aromatic rings. The smallest absolute Gasteiger partial charge is 0.249 e. The number of aliphatic hydroxyl groups is 6. The molecule has 0 spiro atoms. The zero-order valence-electron chi connectivity index (χ0n) is 42.6. The molecule has 8 unspecified atom stereocenters. The van der Waals surface area contributed by atoms with Gasteiger partial charge < -0.3 is 45.4 Å². The van der Waals surface area contributed by atoms with Gasteiger partial charge in [-0.3, -0.25) is 4.79 Å². The second-order valence-corrected chi connectivity index (χ2v) is 20.2. The highest BCUT2D eigenvalue weighted by Crippen LogP contribution is 2.23. The van der Waals surface area contributed by atoms with Crippen molar-refractivity contribution >= 4 is 5.91 Å².